The maximum Gasteiger partial charge on any atom is 0.261 e. The molecular formula is C14H18N2O4. The van der Waals surface area contributed by atoms with Gasteiger partial charge in [-0.3, -0.25) is 0 Å². The number of rotatable bonds is 6. The fourth-order valence-electron chi connectivity index (χ4n) is 1.91. The molecule has 20 heavy (non-hydrogen) atoms. The number of aromatic nitrogens is 2. The van der Waals surface area contributed by atoms with Crippen LogP contribution in [0.25, 0.3) is 11.5 Å². The number of ether oxygens (including phenoxy) is 2. The van der Waals surface area contributed by atoms with Crippen LogP contribution in [0, 0.1) is 0 Å². The summed E-state index contributed by atoms with van der Waals surface area (Å²) < 4.78 is 15.8. The van der Waals surface area contributed by atoms with Gasteiger partial charge in [-0.15, -0.1) is 0 Å². The first kappa shape index (κ1) is 14.3. The van der Waals surface area contributed by atoms with Gasteiger partial charge in [0.1, 0.15) is 6.10 Å². The molecule has 108 valence electrons. The lowest BCUT2D eigenvalue weighted by molar-refractivity contribution is 0.0518. The summed E-state index contributed by atoms with van der Waals surface area (Å²) in [5.41, 5.74) is 0.439. The highest BCUT2D eigenvalue weighted by Crippen LogP contribution is 2.36. The van der Waals surface area contributed by atoms with Gasteiger partial charge in [-0.2, -0.15) is 4.98 Å². The molecular weight excluding hydrogens is 260 g/mol. The summed E-state index contributed by atoms with van der Waals surface area (Å²) in [4.78, 5) is 4.29. The Morgan fingerprint density at radius 1 is 1.35 bits per heavy atom. The molecule has 1 atom stereocenters. The van der Waals surface area contributed by atoms with Crippen molar-refractivity contribution in [2.24, 2.45) is 0 Å². The molecule has 6 heteroatoms. The predicted octanol–water partition coefficient (Wildman–Crippen LogP) is 2.94. The molecule has 1 aromatic carbocycles. The van der Waals surface area contributed by atoms with Crippen LogP contribution in [0.2, 0.25) is 0 Å². The molecule has 0 spiro atoms. The SMILES string of the molecule is CCOC(CC)c1noc(-c2cccc(OC)c2O)n1. The number of nitrogens with zero attached hydrogens (tertiary/aromatic N) is 2. The molecule has 1 N–H and O–H groups in total. The van der Waals surface area contributed by atoms with Gasteiger partial charge < -0.3 is 19.1 Å². The quantitative estimate of drug-likeness (QED) is 0.875. The van der Waals surface area contributed by atoms with Gasteiger partial charge in [0.25, 0.3) is 5.89 Å². The van der Waals surface area contributed by atoms with Crippen LogP contribution in [0.3, 0.4) is 0 Å². The van der Waals surface area contributed by atoms with Crippen molar-refractivity contribution in [2.45, 2.75) is 26.4 Å². The smallest absolute Gasteiger partial charge is 0.261 e. The first-order valence-electron chi connectivity index (χ1n) is 6.52. The molecule has 0 amide bonds. The first-order chi connectivity index (χ1) is 9.71. The molecule has 2 rings (SSSR count). The number of hydrogen-bond donors (Lipinski definition) is 1. The van der Waals surface area contributed by atoms with Crippen molar-refractivity contribution in [2.75, 3.05) is 13.7 Å². The number of phenolic OH excluding ortho intramolecular Hbond substituents is 1. The molecule has 0 saturated carbocycles. The zero-order valence-electron chi connectivity index (χ0n) is 11.8. The largest absolute Gasteiger partial charge is 0.504 e. The van der Waals surface area contributed by atoms with E-state index in [1.165, 1.54) is 7.11 Å². The van der Waals surface area contributed by atoms with Crippen LogP contribution in [-0.2, 0) is 4.74 Å². The van der Waals surface area contributed by atoms with Gasteiger partial charge in [-0.25, -0.2) is 0 Å². The Bertz CT molecular complexity index is 568. The standard InChI is InChI=1S/C14H18N2O4/c1-4-10(19-5-2)13-15-14(20-16-13)9-7-6-8-11(18-3)12(9)17/h6-8,10,17H,4-5H2,1-3H3. The van der Waals surface area contributed by atoms with E-state index in [1.807, 2.05) is 13.8 Å². The van der Waals surface area contributed by atoms with Crippen LogP contribution in [-0.4, -0.2) is 29.0 Å². The number of benzene rings is 1. The summed E-state index contributed by atoms with van der Waals surface area (Å²) in [6.07, 6.45) is 0.543. The maximum absolute atomic E-state index is 10.1. The van der Waals surface area contributed by atoms with Crippen LogP contribution >= 0.6 is 0 Å². The lowest BCUT2D eigenvalue weighted by Crippen LogP contribution is -2.04. The number of para-hydroxylation sites is 1. The topological polar surface area (TPSA) is 77.6 Å². The van der Waals surface area contributed by atoms with Gasteiger partial charge in [0, 0.05) is 6.61 Å². The summed E-state index contributed by atoms with van der Waals surface area (Å²) in [6, 6.07) is 5.10. The Morgan fingerprint density at radius 2 is 2.15 bits per heavy atom. The molecule has 0 bridgehead atoms. The van der Waals surface area contributed by atoms with Crippen LogP contribution < -0.4 is 4.74 Å². The van der Waals surface area contributed by atoms with E-state index < -0.39 is 0 Å². The van der Waals surface area contributed by atoms with E-state index >= 15 is 0 Å². The Kier molecular flexibility index (Phi) is 4.57. The second-order valence-corrected chi connectivity index (χ2v) is 4.17. The van der Waals surface area contributed by atoms with Crippen LogP contribution in [0.15, 0.2) is 22.7 Å². The average Bonchev–Trinajstić information content (AvgIpc) is 2.94. The van der Waals surface area contributed by atoms with Crippen molar-refractivity contribution in [3.8, 4) is 23.0 Å². The highest BCUT2D eigenvalue weighted by molar-refractivity contribution is 5.66. The molecule has 0 radical (unpaired) electrons. The number of methoxy groups -OCH3 is 1. The molecule has 1 unspecified atom stereocenters. The van der Waals surface area contributed by atoms with Gasteiger partial charge in [0.15, 0.2) is 11.5 Å². The van der Waals surface area contributed by atoms with Gasteiger partial charge >= 0.3 is 0 Å². The lowest BCUT2D eigenvalue weighted by Gasteiger charge is -2.09. The second-order valence-electron chi connectivity index (χ2n) is 4.17. The molecule has 0 aliphatic carbocycles. The fraction of sp³-hybridized carbons (Fsp3) is 0.429. The molecule has 1 aromatic heterocycles. The monoisotopic (exact) mass is 278 g/mol. The number of hydrogen-bond acceptors (Lipinski definition) is 6. The Morgan fingerprint density at radius 3 is 2.80 bits per heavy atom. The normalized spacial score (nSPS) is 12.3. The molecule has 2 aromatic rings. The highest BCUT2D eigenvalue weighted by Gasteiger charge is 2.20. The molecule has 1 heterocycles. The van der Waals surface area contributed by atoms with E-state index in [-0.39, 0.29) is 17.7 Å². The van der Waals surface area contributed by atoms with Crippen molar-refractivity contribution in [3.63, 3.8) is 0 Å². The summed E-state index contributed by atoms with van der Waals surface area (Å²) in [6.45, 7) is 4.48. The molecule has 0 aliphatic rings. The fourth-order valence-corrected chi connectivity index (χ4v) is 1.91. The molecule has 0 aliphatic heterocycles. The Balaban J connectivity index is 2.33. The lowest BCUT2D eigenvalue weighted by atomic mass is 10.2. The maximum atomic E-state index is 10.1. The van der Waals surface area contributed by atoms with Crippen molar-refractivity contribution in [3.05, 3.63) is 24.0 Å². The second kappa shape index (κ2) is 6.38. The van der Waals surface area contributed by atoms with Gasteiger partial charge in [0.2, 0.25) is 5.82 Å². The van der Waals surface area contributed by atoms with Crippen molar-refractivity contribution in [1.29, 1.82) is 0 Å². The number of aromatic hydroxyl groups is 1. The third-order valence-corrected chi connectivity index (χ3v) is 2.92. The van der Waals surface area contributed by atoms with E-state index in [9.17, 15) is 5.11 Å². The van der Waals surface area contributed by atoms with E-state index in [2.05, 4.69) is 10.1 Å². The van der Waals surface area contributed by atoms with E-state index in [0.29, 0.717) is 23.7 Å². The molecule has 6 nitrogen and oxygen atoms in total. The van der Waals surface area contributed by atoms with Crippen LogP contribution in [0.4, 0.5) is 0 Å². The van der Waals surface area contributed by atoms with E-state index in [4.69, 9.17) is 14.0 Å². The third-order valence-electron chi connectivity index (χ3n) is 2.92. The predicted molar refractivity (Wildman–Crippen MR) is 72.6 cm³/mol. The van der Waals surface area contributed by atoms with Gasteiger partial charge in [0.05, 0.1) is 12.7 Å². The van der Waals surface area contributed by atoms with Gasteiger partial charge in [-0.05, 0) is 25.5 Å². The summed E-state index contributed by atoms with van der Waals surface area (Å²) in [5, 5.41) is 14.0. The van der Waals surface area contributed by atoms with Crippen molar-refractivity contribution >= 4 is 0 Å². The van der Waals surface area contributed by atoms with Crippen LogP contribution in [0.1, 0.15) is 32.2 Å². The Hall–Kier alpha value is -2.08. The van der Waals surface area contributed by atoms with E-state index in [1.54, 1.807) is 18.2 Å². The zero-order chi connectivity index (χ0) is 14.5. The zero-order valence-corrected chi connectivity index (χ0v) is 11.8. The minimum absolute atomic E-state index is 0.0188. The third kappa shape index (κ3) is 2.75. The molecule has 0 saturated heterocycles. The number of phenols is 1. The van der Waals surface area contributed by atoms with Gasteiger partial charge in [-0.1, -0.05) is 18.1 Å². The average molecular weight is 278 g/mol. The highest BCUT2D eigenvalue weighted by atomic mass is 16.5. The van der Waals surface area contributed by atoms with Crippen molar-refractivity contribution in [1.82, 2.24) is 10.1 Å². The minimum atomic E-state index is -0.203. The molecule has 0 fully saturated rings. The summed E-state index contributed by atoms with van der Waals surface area (Å²) >= 11 is 0. The van der Waals surface area contributed by atoms with Crippen molar-refractivity contribution < 1.29 is 19.1 Å². The van der Waals surface area contributed by atoms with Crippen LogP contribution in [0.5, 0.6) is 11.5 Å². The Labute approximate surface area is 117 Å². The minimum Gasteiger partial charge on any atom is -0.504 e. The summed E-state index contributed by atoms with van der Waals surface area (Å²) in [5.74, 6) is 1.06. The summed E-state index contributed by atoms with van der Waals surface area (Å²) in [7, 11) is 1.49. The first-order valence-corrected chi connectivity index (χ1v) is 6.52. The van der Waals surface area contributed by atoms with E-state index in [0.717, 1.165) is 6.42 Å².